The first kappa shape index (κ1) is 13.8. The summed E-state index contributed by atoms with van der Waals surface area (Å²) in [4.78, 5) is 11.9. The van der Waals surface area contributed by atoms with Crippen LogP contribution in [0.4, 0.5) is 0 Å². The Balaban J connectivity index is 1.73. The van der Waals surface area contributed by atoms with Gasteiger partial charge in [0.05, 0.1) is 6.42 Å². The first-order valence-corrected chi connectivity index (χ1v) is 6.95. The molecule has 0 bridgehead atoms. The van der Waals surface area contributed by atoms with Crippen LogP contribution in [0.3, 0.4) is 0 Å². The van der Waals surface area contributed by atoms with Crippen LogP contribution in [-0.4, -0.2) is 25.5 Å². The number of carbonyl (C=O) groups is 1. The van der Waals surface area contributed by atoms with Gasteiger partial charge in [0.2, 0.25) is 5.91 Å². The largest absolute Gasteiger partial charge is 0.355 e. The van der Waals surface area contributed by atoms with E-state index in [2.05, 4.69) is 16.7 Å². The summed E-state index contributed by atoms with van der Waals surface area (Å²) in [5.41, 5.74) is 3.75. The van der Waals surface area contributed by atoms with E-state index in [1.807, 2.05) is 31.2 Å². The SMILES string of the molecule is Cc1ccccc1CC(=O)NCCC1=CCNCC1. The summed E-state index contributed by atoms with van der Waals surface area (Å²) < 4.78 is 0. The van der Waals surface area contributed by atoms with E-state index in [1.165, 1.54) is 11.1 Å². The van der Waals surface area contributed by atoms with Crippen LogP contribution in [0.1, 0.15) is 24.0 Å². The highest BCUT2D eigenvalue weighted by Gasteiger charge is 2.06. The van der Waals surface area contributed by atoms with E-state index in [-0.39, 0.29) is 5.91 Å². The number of rotatable bonds is 5. The summed E-state index contributed by atoms with van der Waals surface area (Å²) in [6.07, 6.45) is 4.79. The molecule has 1 heterocycles. The molecule has 0 radical (unpaired) electrons. The Morgan fingerprint density at radius 3 is 2.95 bits per heavy atom. The molecule has 3 nitrogen and oxygen atoms in total. The lowest BCUT2D eigenvalue weighted by Crippen LogP contribution is -2.28. The molecule has 2 N–H and O–H groups in total. The van der Waals surface area contributed by atoms with Gasteiger partial charge in [0, 0.05) is 13.1 Å². The minimum absolute atomic E-state index is 0.115. The molecule has 1 aromatic carbocycles. The second-order valence-corrected chi connectivity index (χ2v) is 5.02. The fourth-order valence-corrected chi connectivity index (χ4v) is 2.30. The lowest BCUT2D eigenvalue weighted by Gasteiger charge is -2.14. The molecule has 1 aromatic rings. The lowest BCUT2D eigenvalue weighted by molar-refractivity contribution is -0.120. The summed E-state index contributed by atoms with van der Waals surface area (Å²) in [6.45, 7) is 4.81. The Labute approximate surface area is 115 Å². The van der Waals surface area contributed by atoms with Crippen molar-refractivity contribution in [1.82, 2.24) is 10.6 Å². The van der Waals surface area contributed by atoms with Crippen molar-refractivity contribution in [2.75, 3.05) is 19.6 Å². The summed E-state index contributed by atoms with van der Waals surface area (Å²) in [7, 11) is 0. The van der Waals surface area contributed by atoms with Crippen LogP contribution in [0, 0.1) is 6.92 Å². The highest BCUT2D eigenvalue weighted by Crippen LogP contribution is 2.09. The second kappa shape index (κ2) is 7.10. The molecule has 1 amide bonds. The van der Waals surface area contributed by atoms with Crippen LogP contribution in [0.15, 0.2) is 35.9 Å². The summed E-state index contributed by atoms with van der Waals surface area (Å²) in [6, 6.07) is 8.04. The number of carbonyl (C=O) groups excluding carboxylic acids is 1. The van der Waals surface area contributed by atoms with E-state index >= 15 is 0 Å². The minimum Gasteiger partial charge on any atom is -0.355 e. The van der Waals surface area contributed by atoms with Gasteiger partial charge in [-0.3, -0.25) is 4.79 Å². The van der Waals surface area contributed by atoms with E-state index in [1.54, 1.807) is 0 Å². The third kappa shape index (κ3) is 4.52. The van der Waals surface area contributed by atoms with E-state index in [0.29, 0.717) is 6.42 Å². The van der Waals surface area contributed by atoms with Crippen LogP contribution in [-0.2, 0) is 11.2 Å². The summed E-state index contributed by atoms with van der Waals surface area (Å²) in [5, 5.41) is 6.29. The summed E-state index contributed by atoms with van der Waals surface area (Å²) in [5.74, 6) is 0.115. The van der Waals surface area contributed by atoms with Gasteiger partial charge in [-0.05, 0) is 37.4 Å². The van der Waals surface area contributed by atoms with Gasteiger partial charge in [-0.15, -0.1) is 0 Å². The highest BCUT2D eigenvalue weighted by molar-refractivity contribution is 5.78. The predicted octanol–water partition coefficient (Wildman–Crippen LogP) is 1.96. The molecular formula is C16H22N2O. The molecule has 19 heavy (non-hydrogen) atoms. The maximum Gasteiger partial charge on any atom is 0.224 e. The van der Waals surface area contributed by atoms with Crippen LogP contribution in [0.2, 0.25) is 0 Å². The van der Waals surface area contributed by atoms with Gasteiger partial charge in [-0.25, -0.2) is 0 Å². The standard InChI is InChI=1S/C16H22N2O/c1-13-4-2-3-5-15(13)12-16(19)18-11-8-14-6-9-17-10-7-14/h2-6,17H,7-12H2,1H3,(H,18,19). The number of hydrogen-bond acceptors (Lipinski definition) is 2. The number of nitrogens with one attached hydrogen (secondary N) is 2. The molecule has 0 aromatic heterocycles. The normalized spacial score (nSPS) is 14.9. The van der Waals surface area contributed by atoms with Gasteiger partial charge in [0.15, 0.2) is 0 Å². The Hall–Kier alpha value is -1.61. The number of amides is 1. The minimum atomic E-state index is 0.115. The maximum atomic E-state index is 11.9. The summed E-state index contributed by atoms with van der Waals surface area (Å²) >= 11 is 0. The Morgan fingerprint density at radius 1 is 1.37 bits per heavy atom. The van der Waals surface area contributed by atoms with Crippen molar-refractivity contribution in [3.8, 4) is 0 Å². The topological polar surface area (TPSA) is 41.1 Å². The Morgan fingerprint density at radius 2 is 2.21 bits per heavy atom. The van der Waals surface area contributed by atoms with Crippen molar-refractivity contribution in [2.24, 2.45) is 0 Å². The van der Waals surface area contributed by atoms with Gasteiger partial charge in [-0.1, -0.05) is 35.9 Å². The first-order valence-electron chi connectivity index (χ1n) is 6.95. The first-order chi connectivity index (χ1) is 9.25. The van der Waals surface area contributed by atoms with Gasteiger partial charge < -0.3 is 10.6 Å². The second-order valence-electron chi connectivity index (χ2n) is 5.02. The third-order valence-electron chi connectivity index (χ3n) is 3.54. The van der Waals surface area contributed by atoms with Crippen LogP contribution in [0.25, 0.3) is 0 Å². The molecule has 2 rings (SSSR count). The van der Waals surface area contributed by atoms with E-state index in [0.717, 1.165) is 38.0 Å². The van der Waals surface area contributed by atoms with Crippen molar-refractivity contribution < 1.29 is 4.79 Å². The van der Waals surface area contributed by atoms with Crippen molar-refractivity contribution in [2.45, 2.75) is 26.2 Å². The van der Waals surface area contributed by atoms with Crippen LogP contribution >= 0.6 is 0 Å². The van der Waals surface area contributed by atoms with Crippen molar-refractivity contribution in [3.05, 3.63) is 47.0 Å². The molecule has 3 heteroatoms. The zero-order chi connectivity index (χ0) is 13.5. The highest BCUT2D eigenvalue weighted by atomic mass is 16.1. The van der Waals surface area contributed by atoms with Crippen LogP contribution in [0.5, 0.6) is 0 Å². The van der Waals surface area contributed by atoms with E-state index < -0.39 is 0 Å². The lowest BCUT2D eigenvalue weighted by atomic mass is 10.0. The molecular weight excluding hydrogens is 236 g/mol. The van der Waals surface area contributed by atoms with Gasteiger partial charge in [0.25, 0.3) is 0 Å². The van der Waals surface area contributed by atoms with Crippen LogP contribution < -0.4 is 10.6 Å². The zero-order valence-electron chi connectivity index (χ0n) is 11.5. The molecule has 1 aliphatic rings. The Bertz CT molecular complexity index is 466. The quantitative estimate of drug-likeness (QED) is 0.793. The Kier molecular flexibility index (Phi) is 5.16. The molecule has 0 aliphatic carbocycles. The molecule has 0 saturated carbocycles. The fraction of sp³-hybridized carbons (Fsp3) is 0.438. The third-order valence-corrected chi connectivity index (χ3v) is 3.54. The number of benzene rings is 1. The average molecular weight is 258 g/mol. The molecule has 0 spiro atoms. The van der Waals surface area contributed by atoms with Crippen molar-refractivity contribution >= 4 is 5.91 Å². The predicted molar refractivity (Wildman–Crippen MR) is 78.1 cm³/mol. The van der Waals surface area contributed by atoms with Crippen molar-refractivity contribution in [1.29, 1.82) is 0 Å². The molecule has 0 fully saturated rings. The molecule has 0 saturated heterocycles. The molecule has 0 unspecified atom stereocenters. The van der Waals surface area contributed by atoms with Gasteiger partial charge in [-0.2, -0.15) is 0 Å². The number of hydrogen-bond donors (Lipinski definition) is 2. The average Bonchev–Trinajstić information content (AvgIpc) is 2.43. The van der Waals surface area contributed by atoms with Gasteiger partial charge in [0.1, 0.15) is 0 Å². The molecule has 102 valence electrons. The van der Waals surface area contributed by atoms with Gasteiger partial charge >= 0.3 is 0 Å². The van der Waals surface area contributed by atoms with E-state index in [4.69, 9.17) is 0 Å². The van der Waals surface area contributed by atoms with E-state index in [9.17, 15) is 4.79 Å². The number of aryl methyl sites for hydroxylation is 1. The molecule has 0 atom stereocenters. The molecule has 1 aliphatic heterocycles. The fourth-order valence-electron chi connectivity index (χ4n) is 2.30. The smallest absolute Gasteiger partial charge is 0.224 e. The maximum absolute atomic E-state index is 11.9. The monoisotopic (exact) mass is 258 g/mol. The van der Waals surface area contributed by atoms with Crippen molar-refractivity contribution in [3.63, 3.8) is 0 Å². The zero-order valence-corrected chi connectivity index (χ0v) is 11.5.